The summed E-state index contributed by atoms with van der Waals surface area (Å²) in [6.45, 7) is 6.54. The molecule has 1 aliphatic rings. The molecule has 144 valence electrons. The fraction of sp³-hybridized carbons (Fsp3) is 0.304. The van der Waals surface area contributed by atoms with E-state index >= 15 is 0 Å². The zero-order valence-electron chi connectivity index (χ0n) is 16.4. The fourth-order valence-corrected chi connectivity index (χ4v) is 4.22. The van der Waals surface area contributed by atoms with Crippen molar-refractivity contribution in [2.75, 3.05) is 0 Å². The molecule has 1 unspecified atom stereocenters. The van der Waals surface area contributed by atoms with E-state index in [0.717, 1.165) is 29.1 Å². The highest BCUT2D eigenvalue weighted by molar-refractivity contribution is 5.93. The zero-order chi connectivity index (χ0) is 19.9. The second-order valence-electron chi connectivity index (χ2n) is 8.13. The monoisotopic (exact) mass is 377 g/mol. The van der Waals surface area contributed by atoms with E-state index < -0.39 is 5.41 Å². The smallest absolute Gasteiger partial charge is 0.231 e. The third-order valence-corrected chi connectivity index (χ3v) is 5.98. The molecule has 28 heavy (non-hydrogen) atoms. The highest BCUT2D eigenvalue weighted by Crippen LogP contribution is 2.64. The first-order valence-corrected chi connectivity index (χ1v) is 9.48. The van der Waals surface area contributed by atoms with Crippen LogP contribution in [0.15, 0.2) is 60.9 Å². The van der Waals surface area contributed by atoms with Crippen LogP contribution in [0.3, 0.4) is 0 Å². The van der Waals surface area contributed by atoms with Gasteiger partial charge in [-0.2, -0.15) is 0 Å². The lowest BCUT2D eigenvalue weighted by Gasteiger charge is -2.21. The van der Waals surface area contributed by atoms with Crippen molar-refractivity contribution in [3.05, 3.63) is 83.7 Å². The molecule has 1 aliphatic carbocycles. The largest absolute Gasteiger partial charge is 0.351 e. The van der Waals surface area contributed by atoms with Gasteiger partial charge in [-0.1, -0.05) is 44.2 Å². The standard InChI is InChI=1S/C23H24FN3O/c1-16-25-12-13-27(16)20-7-5-4-6-17(20)14-26-21(28)23(15-22(23,2)3)18-8-10-19(24)11-9-18/h4-13H,14-15H2,1-3H3,(H,26,28). The molecule has 0 radical (unpaired) electrons. The summed E-state index contributed by atoms with van der Waals surface area (Å²) in [6, 6.07) is 14.3. The van der Waals surface area contributed by atoms with Crippen molar-refractivity contribution in [3.63, 3.8) is 0 Å². The van der Waals surface area contributed by atoms with E-state index in [1.165, 1.54) is 12.1 Å². The van der Waals surface area contributed by atoms with E-state index in [2.05, 4.69) is 24.1 Å². The minimum Gasteiger partial charge on any atom is -0.351 e. The van der Waals surface area contributed by atoms with E-state index in [9.17, 15) is 9.18 Å². The summed E-state index contributed by atoms with van der Waals surface area (Å²) >= 11 is 0. The Morgan fingerprint density at radius 1 is 1.18 bits per heavy atom. The third kappa shape index (κ3) is 2.91. The maximum absolute atomic E-state index is 13.4. The number of halogens is 1. The molecule has 0 saturated heterocycles. The average molecular weight is 377 g/mol. The molecule has 1 amide bonds. The first-order chi connectivity index (χ1) is 13.3. The Kier molecular flexibility index (Phi) is 4.33. The lowest BCUT2D eigenvalue weighted by Crippen LogP contribution is -2.37. The van der Waals surface area contributed by atoms with Gasteiger partial charge < -0.3 is 9.88 Å². The maximum Gasteiger partial charge on any atom is 0.231 e. The van der Waals surface area contributed by atoms with Crippen molar-refractivity contribution in [1.29, 1.82) is 0 Å². The van der Waals surface area contributed by atoms with Crippen LogP contribution in [0, 0.1) is 18.2 Å². The molecular weight excluding hydrogens is 353 g/mol. The molecule has 3 aromatic rings. The molecule has 1 fully saturated rings. The Morgan fingerprint density at radius 2 is 1.86 bits per heavy atom. The van der Waals surface area contributed by atoms with Crippen LogP contribution >= 0.6 is 0 Å². The summed E-state index contributed by atoms with van der Waals surface area (Å²) in [5.74, 6) is 0.591. The molecule has 0 spiro atoms. The van der Waals surface area contributed by atoms with Crippen molar-refractivity contribution < 1.29 is 9.18 Å². The number of amides is 1. The van der Waals surface area contributed by atoms with Gasteiger partial charge in [0, 0.05) is 18.9 Å². The van der Waals surface area contributed by atoms with Gasteiger partial charge >= 0.3 is 0 Å². The Bertz CT molecular complexity index is 1020. The predicted octanol–water partition coefficient (Wildman–Crippen LogP) is 4.30. The molecule has 2 aromatic carbocycles. The molecular formula is C23H24FN3O. The van der Waals surface area contributed by atoms with Crippen LogP contribution in [0.4, 0.5) is 4.39 Å². The summed E-state index contributed by atoms with van der Waals surface area (Å²) in [6.07, 6.45) is 4.43. The second kappa shape index (κ2) is 6.59. The van der Waals surface area contributed by atoms with Crippen LogP contribution in [0.25, 0.3) is 5.69 Å². The molecule has 4 nitrogen and oxygen atoms in total. The van der Waals surface area contributed by atoms with Gasteiger partial charge in [0.05, 0.1) is 11.1 Å². The van der Waals surface area contributed by atoms with Gasteiger partial charge in [0.1, 0.15) is 11.6 Å². The van der Waals surface area contributed by atoms with Crippen molar-refractivity contribution >= 4 is 5.91 Å². The normalized spacial score (nSPS) is 20.0. The number of imidazole rings is 1. The van der Waals surface area contributed by atoms with Crippen LogP contribution in [0.5, 0.6) is 0 Å². The van der Waals surface area contributed by atoms with Gasteiger partial charge in [0.2, 0.25) is 5.91 Å². The number of para-hydroxylation sites is 1. The minimum absolute atomic E-state index is 0.0127. The first kappa shape index (κ1) is 18.4. The highest BCUT2D eigenvalue weighted by Gasteiger charge is 2.66. The van der Waals surface area contributed by atoms with E-state index in [1.54, 1.807) is 18.3 Å². The first-order valence-electron chi connectivity index (χ1n) is 9.48. The fourth-order valence-electron chi connectivity index (χ4n) is 4.22. The van der Waals surface area contributed by atoms with Crippen LogP contribution in [0.2, 0.25) is 0 Å². The highest BCUT2D eigenvalue weighted by atomic mass is 19.1. The second-order valence-corrected chi connectivity index (χ2v) is 8.13. The number of hydrogen-bond acceptors (Lipinski definition) is 2. The van der Waals surface area contributed by atoms with E-state index in [-0.39, 0.29) is 17.1 Å². The molecule has 1 saturated carbocycles. The average Bonchev–Trinajstić information content (AvgIpc) is 3.03. The number of rotatable bonds is 5. The topological polar surface area (TPSA) is 46.9 Å². The SMILES string of the molecule is Cc1nccn1-c1ccccc1CNC(=O)C1(c2ccc(F)cc2)CC1(C)C. The lowest BCUT2D eigenvalue weighted by molar-refractivity contribution is -0.124. The number of nitrogens with one attached hydrogen (secondary N) is 1. The van der Waals surface area contributed by atoms with Crippen LogP contribution < -0.4 is 5.32 Å². The zero-order valence-corrected chi connectivity index (χ0v) is 16.4. The van der Waals surface area contributed by atoms with Crippen LogP contribution in [-0.4, -0.2) is 15.5 Å². The molecule has 5 heteroatoms. The minimum atomic E-state index is -0.611. The van der Waals surface area contributed by atoms with Gasteiger partial charge in [-0.3, -0.25) is 4.79 Å². The molecule has 1 N–H and O–H groups in total. The maximum atomic E-state index is 13.4. The summed E-state index contributed by atoms with van der Waals surface area (Å²) in [5.41, 5.74) is 2.12. The van der Waals surface area contributed by atoms with E-state index in [0.29, 0.717) is 6.54 Å². The summed E-state index contributed by atoms with van der Waals surface area (Å²) < 4.78 is 15.4. The van der Waals surface area contributed by atoms with Crippen molar-refractivity contribution in [3.8, 4) is 5.69 Å². The number of hydrogen-bond donors (Lipinski definition) is 1. The number of benzene rings is 2. The van der Waals surface area contributed by atoms with Gasteiger partial charge in [0.15, 0.2) is 0 Å². The molecule has 4 rings (SSSR count). The molecule has 0 aliphatic heterocycles. The van der Waals surface area contributed by atoms with E-state index in [1.807, 2.05) is 42.0 Å². The van der Waals surface area contributed by atoms with Gasteiger partial charge in [-0.05, 0) is 48.1 Å². The Hall–Kier alpha value is -2.95. The summed E-state index contributed by atoms with van der Waals surface area (Å²) in [4.78, 5) is 17.5. The van der Waals surface area contributed by atoms with Gasteiger partial charge in [-0.25, -0.2) is 9.37 Å². The van der Waals surface area contributed by atoms with Crippen molar-refractivity contribution in [1.82, 2.24) is 14.9 Å². The van der Waals surface area contributed by atoms with Crippen LogP contribution in [0.1, 0.15) is 37.2 Å². The Morgan fingerprint density at radius 3 is 2.46 bits per heavy atom. The number of carbonyl (C=O) groups is 1. The Balaban J connectivity index is 1.58. The summed E-state index contributed by atoms with van der Waals surface area (Å²) in [5, 5.41) is 3.13. The lowest BCUT2D eigenvalue weighted by atomic mass is 9.87. The Labute approximate surface area is 164 Å². The molecule has 1 aromatic heterocycles. The third-order valence-electron chi connectivity index (χ3n) is 5.98. The molecule has 1 atom stereocenters. The predicted molar refractivity (Wildman–Crippen MR) is 107 cm³/mol. The van der Waals surface area contributed by atoms with Gasteiger partial charge in [0.25, 0.3) is 0 Å². The number of aryl methyl sites for hydroxylation is 1. The van der Waals surface area contributed by atoms with Crippen molar-refractivity contribution in [2.24, 2.45) is 5.41 Å². The number of carbonyl (C=O) groups excluding carboxylic acids is 1. The van der Waals surface area contributed by atoms with E-state index in [4.69, 9.17) is 0 Å². The number of aromatic nitrogens is 2. The van der Waals surface area contributed by atoms with Crippen molar-refractivity contribution in [2.45, 2.75) is 39.2 Å². The molecule has 1 heterocycles. The summed E-state index contributed by atoms with van der Waals surface area (Å²) in [7, 11) is 0. The van der Waals surface area contributed by atoms with Crippen LogP contribution in [-0.2, 0) is 16.8 Å². The molecule has 0 bridgehead atoms. The van der Waals surface area contributed by atoms with Gasteiger partial charge in [-0.15, -0.1) is 0 Å². The quantitative estimate of drug-likeness (QED) is 0.720. The number of nitrogens with zero attached hydrogens (tertiary/aromatic N) is 2.